The summed E-state index contributed by atoms with van der Waals surface area (Å²) >= 11 is 3.46. The van der Waals surface area contributed by atoms with Gasteiger partial charge in [0.25, 0.3) is 0 Å². The lowest BCUT2D eigenvalue weighted by Crippen LogP contribution is -2.02. The molecule has 3 rings (SSSR count). The van der Waals surface area contributed by atoms with E-state index >= 15 is 0 Å². The minimum absolute atomic E-state index is 0.527. The fraction of sp³-hybridized carbons (Fsp3) is 0.154. The Hall–Kier alpha value is -1.95. The lowest BCUT2D eigenvalue weighted by Gasteiger charge is -2.07. The maximum Gasteiger partial charge on any atom is 0.243 e. The summed E-state index contributed by atoms with van der Waals surface area (Å²) in [6.45, 7) is 0.682. The highest BCUT2D eigenvalue weighted by atomic mass is 79.9. The molecule has 6 heteroatoms. The van der Waals surface area contributed by atoms with E-state index in [4.69, 9.17) is 4.74 Å². The van der Waals surface area contributed by atoms with Crippen LogP contribution in [0.5, 0.6) is 5.88 Å². The molecule has 0 aliphatic rings. The number of rotatable bonds is 3. The maximum absolute atomic E-state index is 5.29. The molecule has 2 aromatic heterocycles. The average molecular weight is 319 g/mol. The van der Waals surface area contributed by atoms with Gasteiger partial charge in [-0.15, -0.1) is 0 Å². The third-order valence-electron chi connectivity index (χ3n) is 2.84. The van der Waals surface area contributed by atoms with Crippen LogP contribution in [0.25, 0.3) is 11.2 Å². The van der Waals surface area contributed by atoms with Gasteiger partial charge in [-0.25, -0.2) is 9.97 Å². The van der Waals surface area contributed by atoms with Gasteiger partial charge >= 0.3 is 0 Å². The van der Waals surface area contributed by atoms with E-state index < -0.39 is 0 Å². The van der Waals surface area contributed by atoms with Crippen molar-refractivity contribution in [3.05, 3.63) is 47.0 Å². The summed E-state index contributed by atoms with van der Waals surface area (Å²) < 4.78 is 7.99. The van der Waals surface area contributed by atoms with E-state index in [0.29, 0.717) is 22.8 Å². The second-order valence-corrected chi connectivity index (χ2v) is 4.72. The minimum atomic E-state index is 0.527. The van der Waals surface area contributed by atoms with Gasteiger partial charge < -0.3 is 9.30 Å². The number of methoxy groups -OCH3 is 1. The van der Waals surface area contributed by atoms with Crippen molar-refractivity contribution in [2.24, 2.45) is 0 Å². The van der Waals surface area contributed by atoms with Gasteiger partial charge in [-0.2, -0.15) is 4.98 Å². The summed E-state index contributed by atoms with van der Waals surface area (Å²) in [5, 5.41) is 0. The first-order valence-electron chi connectivity index (χ1n) is 5.74. The van der Waals surface area contributed by atoms with Crippen molar-refractivity contribution >= 4 is 27.1 Å². The fourth-order valence-electron chi connectivity index (χ4n) is 1.97. The molecule has 0 bridgehead atoms. The maximum atomic E-state index is 5.29. The van der Waals surface area contributed by atoms with Crippen LogP contribution in [-0.4, -0.2) is 26.6 Å². The summed E-state index contributed by atoms with van der Waals surface area (Å²) in [7, 11) is 1.59. The van der Waals surface area contributed by atoms with Crippen LogP contribution in [0.2, 0.25) is 0 Å². The number of hydrogen-bond acceptors (Lipinski definition) is 4. The number of aromatic nitrogens is 4. The van der Waals surface area contributed by atoms with E-state index in [0.717, 1.165) is 5.52 Å². The van der Waals surface area contributed by atoms with Gasteiger partial charge in [0.2, 0.25) is 5.88 Å². The standard InChI is InChI=1S/C13H11BrN4O/c1-19-12-10-11(15-8-16-12)17-13(14)18(10)7-9-5-3-2-4-6-9/h2-6,8H,7H2,1H3. The van der Waals surface area contributed by atoms with E-state index in [-0.39, 0.29) is 0 Å². The SMILES string of the molecule is COc1ncnc2nc(Br)n(Cc3ccccc3)c12. The van der Waals surface area contributed by atoms with Crippen molar-refractivity contribution in [3.63, 3.8) is 0 Å². The first kappa shape index (κ1) is 12.1. The molecule has 0 N–H and O–H groups in total. The number of ether oxygens (including phenoxy) is 1. The smallest absolute Gasteiger partial charge is 0.243 e. The molecule has 0 fully saturated rings. The second-order valence-electron chi connectivity index (χ2n) is 4.01. The lowest BCUT2D eigenvalue weighted by molar-refractivity contribution is 0.400. The van der Waals surface area contributed by atoms with Crippen LogP contribution in [0, 0.1) is 0 Å². The number of benzene rings is 1. The molecule has 0 unspecified atom stereocenters. The molecule has 19 heavy (non-hydrogen) atoms. The molecule has 0 radical (unpaired) electrons. The predicted molar refractivity (Wildman–Crippen MR) is 75.1 cm³/mol. The minimum Gasteiger partial charge on any atom is -0.479 e. The monoisotopic (exact) mass is 318 g/mol. The Kier molecular flexibility index (Phi) is 3.16. The van der Waals surface area contributed by atoms with Crippen LogP contribution < -0.4 is 4.74 Å². The molecule has 0 aliphatic carbocycles. The zero-order chi connectivity index (χ0) is 13.2. The van der Waals surface area contributed by atoms with E-state index in [1.807, 2.05) is 22.8 Å². The Bertz CT molecular complexity index is 711. The molecule has 0 atom stereocenters. The van der Waals surface area contributed by atoms with Crippen LogP contribution in [0.1, 0.15) is 5.56 Å². The summed E-state index contributed by atoms with van der Waals surface area (Å²) in [5.41, 5.74) is 2.59. The van der Waals surface area contributed by atoms with Crippen molar-refractivity contribution < 1.29 is 4.74 Å². The van der Waals surface area contributed by atoms with Gasteiger partial charge in [-0.05, 0) is 21.5 Å². The van der Waals surface area contributed by atoms with E-state index in [9.17, 15) is 0 Å². The van der Waals surface area contributed by atoms with E-state index in [2.05, 4.69) is 43.0 Å². The second kappa shape index (κ2) is 4.97. The normalized spacial score (nSPS) is 10.8. The summed E-state index contributed by atoms with van der Waals surface area (Å²) in [5.74, 6) is 0.527. The van der Waals surface area contributed by atoms with Gasteiger partial charge in [-0.1, -0.05) is 30.3 Å². The summed E-state index contributed by atoms with van der Waals surface area (Å²) in [6, 6.07) is 10.1. The zero-order valence-corrected chi connectivity index (χ0v) is 11.8. The molecular weight excluding hydrogens is 308 g/mol. The predicted octanol–water partition coefficient (Wildman–Crippen LogP) is 2.65. The van der Waals surface area contributed by atoms with Crippen LogP contribution in [-0.2, 0) is 6.54 Å². The molecule has 0 aliphatic heterocycles. The molecule has 0 spiro atoms. The highest BCUT2D eigenvalue weighted by molar-refractivity contribution is 9.10. The van der Waals surface area contributed by atoms with Crippen molar-refractivity contribution in [3.8, 4) is 5.88 Å². The van der Waals surface area contributed by atoms with Crippen molar-refractivity contribution in [1.82, 2.24) is 19.5 Å². The Labute approximate surface area is 118 Å². The summed E-state index contributed by atoms with van der Waals surface area (Å²) in [6.07, 6.45) is 1.45. The number of fused-ring (bicyclic) bond motifs is 1. The molecular formula is C13H11BrN4O. The summed E-state index contributed by atoms with van der Waals surface area (Å²) in [4.78, 5) is 12.7. The van der Waals surface area contributed by atoms with Crippen LogP contribution in [0.4, 0.5) is 0 Å². The average Bonchev–Trinajstić information content (AvgIpc) is 2.76. The molecule has 3 aromatic rings. The molecule has 5 nitrogen and oxygen atoms in total. The Morgan fingerprint density at radius 2 is 2.00 bits per heavy atom. The van der Waals surface area contributed by atoms with Gasteiger partial charge in [0, 0.05) is 0 Å². The topological polar surface area (TPSA) is 52.8 Å². The van der Waals surface area contributed by atoms with Gasteiger partial charge in [-0.3, -0.25) is 0 Å². The number of halogens is 1. The van der Waals surface area contributed by atoms with Gasteiger partial charge in [0.1, 0.15) is 6.33 Å². The number of nitrogens with zero attached hydrogens (tertiary/aromatic N) is 4. The Morgan fingerprint density at radius 3 is 2.74 bits per heavy atom. The van der Waals surface area contributed by atoms with E-state index in [1.165, 1.54) is 11.9 Å². The fourth-order valence-corrected chi connectivity index (χ4v) is 2.44. The zero-order valence-electron chi connectivity index (χ0n) is 10.2. The molecule has 96 valence electrons. The Balaban J connectivity index is 2.15. The lowest BCUT2D eigenvalue weighted by atomic mass is 10.2. The third-order valence-corrected chi connectivity index (χ3v) is 3.44. The third kappa shape index (κ3) is 2.19. The first-order chi connectivity index (χ1) is 9.29. The number of hydrogen-bond donors (Lipinski definition) is 0. The first-order valence-corrected chi connectivity index (χ1v) is 6.53. The highest BCUT2D eigenvalue weighted by Gasteiger charge is 2.15. The molecule has 1 aromatic carbocycles. The largest absolute Gasteiger partial charge is 0.479 e. The molecule has 0 saturated heterocycles. The molecule has 0 amide bonds. The highest BCUT2D eigenvalue weighted by Crippen LogP contribution is 2.26. The van der Waals surface area contributed by atoms with Gasteiger partial charge in [0.15, 0.2) is 15.9 Å². The Morgan fingerprint density at radius 1 is 1.21 bits per heavy atom. The molecule has 2 heterocycles. The quantitative estimate of drug-likeness (QED) is 0.697. The number of imidazole rings is 1. The van der Waals surface area contributed by atoms with Crippen LogP contribution in [0.15, 0.2) is 41.4 Å². The van der Waals surface area contributed by atoms with E-state index in [1.54, 1.807) is 7.11 Å². The van der Waals surface area contributed by atoms with Crippen molar-refractivity contribution in [1.29, 1.82) is 0 Å². The van der Waals surface area contributed by atoms with Crippen molar-refractivity contribution in [2.45, 2.75) is 6.54 Å². The van der Waals surface area contributed by atoms with Crippen LogP contribution >= 0.6 is 15.9 Å². The van der Waals surface area contributed by atoms with Gasteiger partial charge in [0.05, 0.1) is 13.7 Å². The van der Waals surface area contributed by atoms with Crippen LogP contribution in [0.3, 0.4) is 0 Å². The van der Waals surface area contributed by atoms with Crippen molar-refractivity contribution in [2.75, 3.05) is 7.11 Å². The molecule has 0 saturated carbocycles.